The molecule has 3 amide bonds. The Morgan fingerprint density at radius 3 is 2.84 bits per heavy atom. The molecule has 0 aromatic carbocycles. The van der Waals surface area contributed by atoms with Crippen LogP contribution in [0.15, 0.2) is 42.4 Å². The van der Waals surface area contributed by atoms with Crippen LogP contribution in [0.3, 0.4) is 0 Å². The van der Waals surface area contributed by atoms with E-state index < -0.39 is 0 Å². The highest BCUT2D eigenvalue weighted by molar-refractivity contribution is 7.21. The van der Waals surface area contributed by atoms with Gasteiger partial charge in [0.15, 0.2) is 0 Å². The molecule has 31 heavy (non-hydrogen) atoms. The van der Waals surface area contributed by atoms with Crippen molar-refractivity contribution in [2.75, 3.05) is 10.2 Å². The van der Waals surface area contributed by atoms with Gasteiger partial charge in [-0.3, -0.25) is 14.7 Å². The second kappa shape index (κ2) is 7.28. The van der Waals surface area contributed by atoms with Crippen molar-refractivity contribution in [2.24, 2.45) is 0 Å². The molecular formula is C22H20N6O2S. The van der Waals surface area contributed by atoms with Crippen LogP contribution in [0.5, 0.6) is 0 Å². The molecule has 3 N–H and O–H groups in total. The Labute approximate surface area is 182 Å². The smallest absolute Gasteiger partial charge is 0.320 e. The van der Waals surface area contributed by atoms with E-state index in [4.69, 9.17) is 5.41 Å². The van der Waals surface area contributed by atoms with Crippen LogP contribution < -0.4 is 15.5 Å². The predicted octanol–water partition coefficient (Wildman–Crippen LogP) is 4.93. The van der Waals surface area contributed by atoms with Crippen LogP contribution in [0.4, 0.5) is 21.9 Å². The van der Waals surface area contributed by atoms with Crippen LogP contribution in [0.25, 0.3) is 10.2 Å². The first-order chi connectivity index (χ1) is 14.9. The quantitative estimate of drug-likeness (QED) is 0.543. The minimum absolute atomic E-state index is 0.223. The highest BCUT2D eigenvalue weighted by Gasteiger charge is 2.33. The monoisotopic (exact) mass is 432 g/mol. The summed E-state index contributed by atoms with van der Waals surface area (Å²) >= 11 is 1.23. The highest BCUT2D eigenvalue weighted by atomic mass is 32.1. The average molecular weight is 433 g/mol. The van der Waals surface area contributed by atoms with Gasteiger partial charge in [0.1, 0.15) is 9.71 Å². The van der Waals surface area contributed by atoms with Crippen LogP contribution in [0.1, 0.15) is 48.0 Å². The lowest BCUT2D eigenvalue weighted by atomic mass is 10.1. The van der Waals surface area contributed by atoms with Crippen molar-refractivity contribution in [3.05, 3.63) is 52.9 Å². The fourth-order valence-electron chi connectivity index (χ4n) is 3.82. The third kappa shape index (κ3) is 3.17. The lowest BCUT2D eigenvalue weighted by molar-refractivity contribution is 0.0972. The second-order valence-corrected chi connectivity index (χ2v) is 8.76. The zero-order valence-electron chi connectivity index (χ0n) is 17.0. The van der Waals surface area contributed by atoms with Gasteiger partial charge in [0.25, 0.3) is 5.91 Å². The molecule has 1 aliphatic heterocycles. The van der Waals surface area contributed by atoms with E-state index in [1.54, 1.807) is 29.4 Å². The number of pyridine rings is 2. The van der Waals surface area contributed by atoms with Crippen molar-refractivity contribution in [3.63, 3.8) is 0 Å². The van der Waals surface area contributed by atoms with E-state index >= 15 is 0 Å². The third-order valence-corrected chi connectivity index (χ3v) is 6.48. The van der Waals surface area contributed by atoms with Gasteiger partial charge in [-0.25, -0.2) is 9.78 Å². The Bertz CT molecular complexity index is 1290. The maximum Gasteiger partial charge on any atom is 0.331 e. The summed E-state index contributed by atoms with van der Waals surface area (Å²) in [6, 6.07) is 5.13. The minimum atomic E-state index is -0.346. The van der Waals surface area contributed by atoms with Gasteiger partial charge in [-0.05, 0) is 37.0 Å². The molecule has 0 unspecified atom stereocenters. The lowest BCUT2D eigenvalue weighted by Crippen LogP contribution is -2.35. The molecule has 0 bridgehead atoms. The van der Waals surface area contributed by atoms with E-state index in [0.29, 0.717) is 44.6 Å². The van der Waals surface area contributed by atoms with Gasteiger partial charge in [-0.1, -0.05) is 19.9 Å². The highest BCUT2D eigenvalue weighted by Crippen LogP contribution is 2.45. The summed E-state index contributed by atoms with van der Waals surface area (Å²) in [5, 5.41) is 14.4. The molecule has 3 aromatic rings. The third-order valence-electron chi connectivity index (χ3n) is 5.38. The molecule has 0 saturated heterocycles. The summed E-state index contributed by atoms with van der Waals surface area (Å²) in [6.45, 7) is 4.10. The number of allylic oxidation sites excluding steroid dienone is 2. The van der Waals surface area contributed by atoms with Crippen LogP contribution in [-0.2, 0) is 0 Å². The number of nitrogens with zero attached hydrogens (tertiary/aromatic N) is 3. The summed E-state index contributed by atoms with van der Waals surface area (Å²) < 4.78 is 0. The van der Waals surface area contributed by atoms with Crippen LogP contribution in [-0.4, -0.2) is 27.6 Å². The number of hydrogen-bond acceptors (Lipinski definition) is 6. The molecule has 5 rings (SSSR count). The van der Waals surface area contributed by atoms with Crippen LogP contribution in [0.2, 0.25) is 0 Å². The predicted molar refractivity (Wildman–Crippen MR) is 122 cm³/mol. The van der Waals surface area contributed by atoms with Crippen molar-refractivity contribution < 1.29 is 9.59 Å². The summed E-state index contributed by atoms with van der Waals surface area (Å²) in [6.07, 6.45) is 6.55. The molecule has 0 fully saturated rings. The number of carbonyl (C=O) groups is 2. The maximum absolute atomic E-state index is 13.1. The number of carbonyl (C=O) groups excluding carboxylic acids is 2. The summed E-state index contributed by atoms with van der Waals surface area (Å²) in [4.78, 5) is 37.6. The SMILES string of the molecule is CC(C)c1cc(N2C(=O)Nc3c(C(=O)NC4=CCCC4=N)sc4nccc2c34)ccn1. The van der Waals surface area contributed by atoms with Gasteiger partial charge < -0.3 is 16.0 Å². The maximum atomic E-state index is 13.1. The fraction of sp³-hybridized carbons (Fsp3) is 0.227. The molecule has 1 aliphatic carbocycles. The molecule has 4 heterocycles. The summed E-state index contributed by atoms with van der Waals surface area (Å²) in [7, 11) is 0. The number of aromatic nitrogens is 2. The van der Waals surface area contributed by atoms with Gasteiger partial charge in [0.2, 0.25) is 0 Å². The van der Waals surface area contributed by atoms with E-state index in [0.717, 1.165) is 17.5 Å². The number of nitrogens with one attached hydrogen (secondary N) is 3. The van der Waals surface area contributed by atoms with Crippen LogP contribution >= 0.6 is 11.3 Å². The Kier molecular flexibility index (Phi) is 4.55. The molecule has 0 spiro atoms. The van der Waals surface area contributed by atoms with E-state index in [1.165, 1.54) is 11.3 Å². The molecule has 0 radical (unpaired) electrons. The topological polar surface area (TPSA) is 111 Å². The number of thiophene rings is 1. The first-order valence-corrected chi connectivity index (χ1v) is 10.8. The zero-order chi connectivity index (χ0) is 21.7. The van der Waals surface area contributed by atoms with Crippen molar-refractivity contribution in [2.45, 2.75) is 32.6 Å². The van der Waals surface area contributed by atoms with E-state index in [1.807, 2.05) is 26.0 Å². The van der Waals surface area contributed by atoms with Crippen molar-refractivity contribution in [3.8, 4) is 0 Å². The number of rotatable bonds is 4. The van der Waals surface area contributed by atoms with Crippen molar-refractivity contribution in [1.29, 1.82) is 5.41 Å². The van der Waals surface area contributed by atoms with Crippen LogP contribution in [0, 0.1) is 5.41 Å². The van der Waals surface area contributed by atoms with E-state index in [9.17, 15) is 9.59 Å². The minimum Gasteiger partial charge on any atom is -0.320 e. The number of hydrogen-bond donors (Lipinski definition) is 3. The molecule has 2 aliphatic rings. The van der Waals surface area contributed by atoms with Gasteiger partial charge in [-0.15, -0.1) is 11.3 Å². The van der Waals surface area contributed by atoms with Crippen molar-refractivity contribution in [1.82, 2.24) is 15.3 Å². The van der Waals surface area contributed by atoms with Gasteiger partial charge in [-0.2, -0.15) is 0 Å². The molecule has 156 valence electrons. The van der Waals surface area contributed by atoms with E-state index in [-0.39, 0.29) is 17.9 Å². The second-order valence-electron chi connectivity index (χ2n) is 7.76. The Balaban J connectivity index is 1.60. The van der Waals surface area contributed by atoms with Gasteiger partial charge >= 0.3 is 6.03 Å². The normalized spacial score (nSPS) is 15.5. The molecule has 3 aromatic heterocycles. The summed E-state index contributed by atoms with van der Waals surface area (Å²) in [5.41, 5.74) is 3.67. The van der Waals surface area contributed by atoms with E-state index in [2.05, 4.69) is 20.6 Å². The molecule has 8 nitrogen and oxygen atoms in total. The standard InChI is InChI=1S/C22H20N6O2S/c1-11(2)15-10-12(6-8-24-15)28-16-7-9-25-21-17(16)18(27-22(28)30)19(31-21)20(29)26-14-5-3-4-13(14)23/h5-11,23H,3-4H2,1-2H3,(H,26,29)(H,27,30). The molecule has 9 heteroatoms. The summed E-state index contributed by atoms with van der Waals surface area (Å²) in [5.74, 6) is -0.123. The zero-order valence-corrected chi connectivity index (χ0v) is 17.8. The Hall–Kier alpha value is -3.59. The largest absolute Gasteiger partial charge is 0.331 e. The molecule has 0 saturated carbocycles. The lowest BCUT2D eigenvalue weighted by Gasteiger charge is -2.28. The fourth-order valence-corrected chi connectivity index (χ4v) is 4.83. The Morgan fingerprint density at radius 1 is 1.29 bits per heavy atom. The van der Waals surface area contributed by atoms with Crippen molar-refractivity contribution >= 4 is 56.3 Å². The Morgan fingerprint density at radius 2 is 2.10 bits per heavy atom. The molecule has 0 atom stereocenters. The first kappa shape index (κ1) is 19.4. The number of urea groups is 1. The van der Waals surface area contributed by atoms with Gasteiger partial charge in [0.05, 0.1) is 33.9 Å². The molecular weight excluding hydrogens is 412 g/mol. The number of amides is 3. The first-order valence-electron chi connectivity index (χ1n) is 10.0. The number of anilines is 3. The van der Waals surface area contributed by atoms with Gasteiger partial charge in [0, 0.05) is 18.1 Å². The average Bonchev–Trinajstić information content (AvgIpc) is 3.32.